The Morgan fingerprint density at radius 3 is 2.71 bits per heavy atom. The molecule has 1 heterocycles. The smallest absolute Gasteiger partial charge is 0.0301 e. The van der Waals surface area contributed by atoms with Crippen LogP contribution in [0.15, 0.2) is 35.7 Å². The van der Waals surface area contributed by atoms with E-state index in [1.54, 1.807) is 0 Å². The van der Waals surface area contributed by atoms with Gasteiger partial charge in [0, 0.05) is 10.9 Å². The van der Waals surface area contributed by atoms with Crippen LogP contribution >= 0.6 is 11.3 Å². The summed E-state index contributed by atoms with van der Waals surface area (Å²) in [6.07, 6.45) is 2.09. The Hall–Kier alpha value is -1.12. The van der Waals surface area contributed by atoms with E-state index in [0.717, 1.165) is 12.8 Å². The van der Waals surface area contributed by atoms with E-state index in [0.29, 0.717) is 0 Å². The van der Waals surface area contributed by atoms with Gasteiger partial charge in [0.2, 0.25) is 0 Å². The standard InChI is InChI=1S/C15H19NS/c1-11-5-3-7-14(12(11)2)15(16)9-8-13-6-4-10-17-13/h3-7,10,15H,8-9,16H2,1-2H3. The topological polar surface area (TPSA) is 26.0 Å². The highest BCUT2D eigenvalue weighted by Crippen LogP contribution is 2.23. The van der Waals surface area contributed by atoms with E-state index in [4.69, 9.17) is 5.73 Å². The predicted octanol–water partition coefficient (Wildman–Crippen LogP) is 4.00. The molecule has 0 bridgehead atoms. The monoisotopic (exact) mass is 245 g/mol. The van der Waals surface area contributed by atoms with Crippen LogP contribution in [0.1, 0.15) is 34.0 Å². The average molecular weight is 245 g/mol. The lowest BCUT2D eigenvalue weighted by molar-refractivity contribution is 0.651. The number of aryl methyl sites for hydroxylation is 2. The van der Waals surface area contributed by atoms with Crippen molar-refractivity contribution < 1.29 is 0 Å². The zero-order chi connectivity index (χ0) is 12.3. The van der Waals surface area contributed by atoms with Crippen LogP contribution in [0.2, 0.25) is 0 Å². The quantitative estimate of drug-likeness (QED) is 0.865. The molecular formula is C15H19NS. The third kappa shape index (κ3) is 2.96. The zero-order valence-corrected chi connectivity index (χ0v) is 11.3. The van der Waals surface area contributed by atoms with Crippen LogP contribution in [0.5, 0.6) is 0 Å². The molecule has 1 aromatic carbocycles. The van der Waals surface area contributed by atoms with Gasteiger partial charge in [-0.25, -0.2) is 0 Å². The van der Waals surface area contributed by atoms with Crippen LogP contribution in [-0.2, 0) is 6.42 Å². The van der Waals surface area contributed by atoms with E-state index in [1.807, 2.05) is 11.3 Å². The van der Waals surface area contributed by atoms with Gasteiger partial charge in [0.05, 0.1) is 0 Å². The molecule has 0 aliphatic heterocycles. The van der Waals surface area contributed by atoms with Crippen LogP contribution in [0.3, 0.4) is 0 Å². The molecule has 1 unspecified atom stereocenters. The van der Waals surface area contributed by atoms with Crippen molar-refractivity contribution in [3.8, 4) is 0 Å². The summed E-state index contributed by atoms with van der Waals surface area (Å²) in [4.78, 5) is 1.42. The van der Waals surface area contributed by atoms with E-state index in [1.165, 1.54) is 21.6 Å². The first kappa shape index (κ1) is 12.3. The molecule has 0 saturated heterocycles. The molecule has 0 spiro atoms. The molecule has 0 aliphatic rings. The Morgan fingerprint density at radius 2 is 2.00 bits per heavy atom. The summed E-state index contributed by atoms with van der Waals surface area (Å²) in [5.74, 6) is 0. The minimum absolute atomic E-state index is 0.150. The lowest BCUT2D eigenvalue weighted by atomic mass is 9.95. The van der Waals surface area contributed by atoms with Gasteiger partial charge >= 0.3 is 0 Å². The van der Waals surface area contributed by atoms with Crippen molar-refractivity contribution in [2.45, 2.75) is 32.7 Å². The van der Waals surface area contributed by atoms with Gasteiger partial charge in [-0.15, -0.1) is 11.3 Å². The number of hydrogen-bond acceptors (Lipinski definition) is 2. The van der Waals surface area contributed by atoms with Crippen molar-refractivity contribution in [1.82, 2.24) is 0 Å². The first-order chi connectivity index (χ1) is 8.18. The number of rotatable bonds is 4. The summed E-state index contributed by atoms with van der Waals surface area (Å²) in [5.41, 5.74) is 10.2. The minimum Gasteiger partial charge on any atom is -0.324 e. The number of nitrogens with two attached hydrogens (primary N) is 1. The van der Waals surface area contributed by atoms with Gasteiger partial charge < -0.3 is 5.73 Å². The van der Waals surface area contributed by atoms with E-state index >= 15 is 0 Å². The van der Waals surface area contributed by atoms with Crippen LogP contribution in [0.4, 0.5) is 0 Å². The van der Waals surface area contributed by atoms with Crippen LogP contribution in [-0.4, -0.2) is 0 Å². The van der Waals surface area contributed by atoms with Gasteiger partial charge in [-0.1, -0.05) is 24.3 Å². The Bertz CT molecular complexity index is 474. The summed E-state index contributed by atoms with van der Waals surface area (Å²) >= 11 is 1.81. The molecule has 2 N–H and O–H groups in total. The van der Waals surface area contributed by atoms with E-state index in [2.05, 4.69) is 49.6 Å². The zero-order valence-electron chi connectivity index (χ0n) is 10.4. The van der Waals surface area contributed by atoms with Gasteiger partial charge in [0.1, 0.15) is 0 Å². The second-order valence-electron chi connectivity index (χ2n) is 4.51. The molecule has 0 radical (unpaired) electrons. The molecule has 0 amide bonds. The molecule has 2 aromatic rings. The molecule has 0 fully saturated rings. The largest absolute Gasteiger partial charge is 0.324 e. The lowest BCUT2D eigenvalue weighted by Gasteiger charge is -2.15. The van der Waals surface area contributed by atoms with Crippen molar-refractivity contribution in [3.63, 3.8) is 0 Å². The van der Waals surface area contributed by atoms with Crippen molar-refractivity contribution >= 4 is 11.3 Å². The van der Waals surface area contributed by atoms with Crippen molar-refractivity contribution in [1.29, 1.82) is 0 Å². The third-order valence-corrected chi connectivity index (χ3v) is 4.26. The number of hydrogen-bond donors (Lipinski definition) is 1. The van der Waals surface area contributed by atoms with Crippen molar-refractivity contribution in [2.24, 2.45) is 5.73 Å². The molecular weight excluding hydrogens is 226 g/mol. The first-order valence-electron chi connectivity index (χ1n) is 6.02. The second kappa shape index (κ2) is 5.48. The summed E-state index contributed by atoms with van der Waals surface area (Å²) in [6, 6.07) is 10.8. The van der Waals surface area contributed by atoms with Crippen molar-refractivity contribution in [3.05, 3.63) is 57.3 Å². The van der Waals surface area contributed by atoms with Gasteiger partial charge in [-0.2, -0.15) is 0 Å². The lowest BCUT2D eigenvalue weighted by Crippen LogP contribution is -2.13. The molecule has 2 rings (SSSR count). The molecule has 90 valence electrons. The average Bonchev–Trinajstić information content (AvgIpc) is 2.82. The highest BCUT2D eigenvalue weighted by atomic mass is 32.1. The Balaban J connectivity index is 2.04. The Kier molecular flexibility index (Phi) is 3.97. The highest BCUT2D eigenvalue weighted by Gasteiger charge is 2.10. The summed E-state index contributed by atoms with van der Waals surface area (Å²) < 4.78 is 0. The molecule has 17 heavy (non-hydrogen) atoms. The maximum Gasteiger partial charge on any atom is 0.0301 e. The van der Waals surface area contributed by atoms with Crippen LogP contribution in [0, 0.1) is 13.8 Å². The van der Waals surface area contributed by atoms with Gasteiger partial charge in [-0.05, 0) is 54.8 Å². The summed E-state index contributed by atoms with van der Waals surface area (Å²) in [6.45, 7) is 4.31. The minimum atomic E-state index is 0.150. The Labute approximate surface area is 107 Å². The normalized spacial score (nSPS) is 12.6. The van der Waals surface area contributed by atoms with E-state index in [9.17, 15) is 0 Å². The van der Waals surface area contributed by atoms with Crippen molar-refractivity contribution in [2.75, 3.05) is 0 Å². The van der Waals surface area contributed by atoms with E-state index < -0.39 is 0 Å². The molecule has 0 aliphatic carbocycles. The van der Waals surface area contributed by atoms with Gasteiger partial charge in [0.25, 0.3) is 0 Å². The fraction of sp³-hybridized carbons (Fsp3) is 0.333. The fourth-order valence-corrected chi connectivity index (χ4v) is 2.81. The van der Waals surface area contributed by atoms with Crippen LogP contribution < -0.4 is 5.73 Å². The molecule has 2 heteroatoms. The highest BCUT2D eigenvalue weighted by molar-refractivity contribution is 7.09. The number of thiophene rings is 1. The van der Waals surface area contributed by atoms with Crippen LogP contribution in [0.25, 0.3) is 0 Å². The summed E-state index contributed by atoms with van der Waals surface area (Å²) in [7, 11) is 0. The fourth-order valence-electron chi connectivity index (χ4n) is 2.08. The number of benzene rings is 1. The Morgan fingerprint density at radius 1 is 1.18 bits per heavy atom. The SMILES string of the molecule is Cc1cccc(C(N)CCc2cccs2)c1C. The molecule has 1 atom stereocenters. The molecule has 1 aromatic heterocycles. The first-order valence-corrected chi connectivity index (χ1v) is 6.90. The van der Waals surface area contributed by atoms with Gasteiger partial charge in [-0.3, -0.25) is 0 Å². The maximum atomic E-state index is 6.29. The second-order valence-corrected chi connectivity index (χ2v) is 5.55. The third-order valence-electron chi connectivity index (χ3n) is 3.33. The van der Waals surface area contributed by atoms with Gasteiger partial charge in [0.15, 0.2) is 0 Å². The maximum absolute atomic E-state index is 6.29. The molecule has 1 nitrogen and oxygen atoms in total. The molecule has 0 saturated carbocycles. The van der Waals surface area contributed by atoms with E-state index in [-0.39, 0.29) is 6.04 Å². The predicted molar refractivity (Wildman–Crippen MR) is 75.5 cm³/mol. The summed E-state index contributed by atoms with van der Waals surface area (Å²) in [5, 5.41) is 2.12.